The Bertz CT molecular complexity index is 416. The van der Waals surface area contributed by atoms with Gasteiger partial charge in [0.1, 0.15) is 0 Å². The maximum Gasteiger partial charge on any atom is 0.234 e. The number of benzene rings is 1. The number of rotatable bonds is 4. The Hall–Kier alpha value is -1.35. The number of nitrogens with one attached hydrogen (secondary N) is 2. The fourth-order valence-corrected chi connectivity index (χ4v) is 2.16. The van der Waals surface area contributed by atoms with Crippen molar-refractivity contribution in [2.75, 3.05) is 6.54 Å². The molecule has 3 heteroatoms. The third-order valence-corrected chi connectivity index (χ3v) is 3.18. The van der Waals surface area contributed by atoms with Crippen LogP contribution in [0.15, 0.2) is 30.3 Å². The van der Waals surface area contributed by atoms with Crippen molar-refractivity contribution in [3.8, 4) is 0 Å². The van der Waals surface area contributed by atoms with Gasteiger partial charge in [0.05, 0.1) is 6.54 Å². The molecule has 0 atom stereocenters. The summed E-state index contributed by atoms with van der Waals surface area (Å²) < 4.78 is 0. The maximum absolute atomic E-state index is 11.8. The van der Waals surface area contributed by atoms with Crippen molar-refractivity contribution < 1.29 is 4.79 Å². The van der Waals surface area contributed by atoms with Crippen LogP contribution in [0.1, 0.15) is 39.2 Å². The highest BCUT2D eigenvalue weighted by Crippen LogP contribution is 2.45. The summed E-state index contributed by atoms with van der Waals surface area (Å²) >= 11 is 0. The molecule has 1 saturated carbocycles. The topological polar surface area (TPSA) is 41.1 Å². The van der Waals surface area contributed by atoms with Crippen LogP contribution in [0.25, 0.3) is 0 Å². The molecule has 1 aliphatic carbocycles. The van der Waals surface area contributed by atoms with E-state index in [1.165, 1.54) is 5.56 Å². The Morgan fingerprint density at radius 3 is 2.33 bits per heavy atom. The first-order chi connectivity index (χ1) is 8.41. The van der Waals surface area contributed by atoms with E-state index in [1.807, 2.05) is 39.0 Å². The summed E-state index contributed by atoms with van der Waals surface area (Å²) in [7, 11) is 0. The second kappa shape index (κ2) is 4.73. The monoisotopic (exact) mass is 246 g/mol. The van der Waals surface area contributed by atoms with Crippen molar-refractivity contribution in [1.29, 1.82) is 0 Å². The molecule has 0 radical (unpaired) electrons. The van der Waals surface area contributed by atoms with Gasteiger partial charge in [-0.15, -0.1) is 0 Å². The van der Waals surface area contributed by atoms with Gasteiger partial charge in [0.15, 0.2) is 0 Å². The molecule has 1 amide bonds. The second-order valence-electron chi connectivity index (χ2n) is 6.10. The summed E-state index contributed by atoms with van der Waals surface area (Å²) in [6.07, 6.45) is 2.22. The molecule has 1 aliphatic rings. The van der Waals surface area contributed by atoms with Crippen LogP contribution in [0.2, 0.25) is 0 Å². The van der Waals surface area contributed by atoms with Gasteiger partial charge in [0, 0.05) is 11.1 Å². The van der Waals surface area contributed by atoms with E-state index in [0.717, 1.165) is 12.8 Å². The van der Waals surface area contributed by atoms with Gasteiger partial charge in [0.2, 0.25) is 5.91 Å². The number of hydrogen-bond acceptors (Lipinski definition) is 2. The number of carbonyl (C=O) groups is 1. The first kappa shape index (κ1) is 13.1. The molecule has 18 heavy (non-hydrogen) atoms. The van der Waals surface area contributed by atoms with Crippen LogP contribution in [0.3, 0.4) is 0 Å². The Morgan fingerprint density at radius 1 is 1.22 bits per heavy atom. The standard InChI is InChI=1S/C15H22N2O/c1-14(2,3)17-13(18)11-16-15(9-10-15)12-7-5-4-6-8-12/h4-8,16H,9-11H2,1-3H3,(H,17,18). The molecule has 2 rings (SSSR count). The van der Waals surface area contributed by atoms with E-state index in [4.69, 9.17) is 0 Å². The zero-order valence-electron chi connectivity index (χ0n) is 11.4. The van der Waals surface area contributed by atoms with Crippen molar-refractivity contribution in [1.82, 2.24) is 10.6 Å². The van der Waals surface area contributed by atoms with Crippen LogP contribution in [0.5, 0.6) is 0 Å². The lowest BCUT2D eigenvalue weighted by molar-refractivity contribution is -0.121. The highest BCUT2D eigenvalue weighted by Gasteiger charge is 2.43. The summed E-state index contributed by atoms with van der Waals surface area (Å²) in [5.41, 5.74) is 1.16. The lowest BCUT2D eigenvalue weighted by Crippen LogP contribution is -2.46. The minimum absolute atomic E-state index is 0.0382. The summed E-state index contributed by atoms with van der Waals surface area (Å²) in [5.74, 6) is 0.0599. The zero-order chi connectivity index (χ0) is 13.2. The summed E-state index contributed by atoms with van der Waals surface area (Å²) in [5, 5.41) is 6.37. The van der Waals surface area contributed by atoms with Crippen molar-refractivity contribution in [2.24, 2.45) is 0 Å². The molecule has 1 fully saturated rings. The quantitative estimate of drug-likeness (QED) is 0.855. The van der Waals surface area contributed by atoms with Crippen molar-refractivity contribution in [3.05, 3.63) is 35.9 Å². The molecule has 0 aromatic heterocycles. The predicted molar refractivity (Wildman–Crippen MR) is 73.3 cm³/mol. The van der Waals surface area contributed by atoms with Gasteiger partial charge in [0.25, 0.3) is 0 Å². The molecule has 2 N–H and O–H groups in total. The Balaban J connectivity index is 1.89. The van der Waals surface area contributed by atoms with Gasteiger partial charge in [-0.1, -0.05) is 30.3 Å². The first-order valence-electron chi connectivity index (χ1n) is 6.53. The molecule has 0 bridgehead atoms. The molecule has 0 aliphatic heterocycles. The molecule has 1 aromatic carbocycles. The third-order valence-electron chi connectivity index (χ3n) is 3.18. The molecular weight excluding hydrogens is 224 g/mol. The lowest BCUT2D eigenvalue weighted by Gasteiger charge is -2.23. The SMILES string of the molecule is CC(C)(C)NC(=O)CNC1(c2ccccc2)CC1. The highest BCUT2D eigenvalue weighted by atomic mass is 16.2. The van der Waals surface area contributed by atoms with E-state index in [9.17, 15) is 4.79 Å². The average Bonchev–Trinajstić information content (AvgIpc) is 3.06. The minimum atomic E-state index is -0.164. The molecular formula is C15H22N2O. The summed E-state index contributed by atoms with van der Waals surface area (Å²) in [6.45, 7) is 6.37. The van der Waals surface area contributed by atoms with E-state index in [0.29, 0.717) is 6.54 Å². The van der Waals surface area contributed by atoms with Crippen LogP contribution < -0.4 is 10.6 Å². The minimum Gasteiger partial charge on any atom is -0.350 e. The van der Waals surface area contributed by atoms with E-state index >= 15 is 0 Å². The van der Waals surface area contributed by atoms with Crippen molar-refractivity contribution in [3.63, 3.8) is 0 Å². The van der Waals surface area contributed by atoms with Crippen LogP contribution in [-0.4, -0.2) is 18.0 Å². The number of hydrogen-bond donors (Lipinski definition) is 2. The van der Waals surface area contributed by atoms with Gasteiger partial charge < -0.3 is 5.32 Å². The van der Waals surface area contributed by atoms with Gasteiger partial charge in [-0.25, -0.2) is 0 Å². The van der Waals surface area contributed by atoms with Gasteiger partial charge >= 0.3 is 0 Å². The highest BCUT2D eigenvalue weighted by molar-refractivity contribution is 5.78. The fraction of sp³-hybridized carbons (Fsp3) is 0.533. The van der Waals surface area contributed by atoms with E-state index < -0.39 is 0 Å². The number of carbonyl (C=O) groups excluding carboxylic acids is 1. The van der Waals surface area contributed by atoms with E-state index in [2.05, 4.69) is 22.8 Å². The van der Waals surface area contributed by atoms with Crippen LogP contribution in [-0.2, 0) is 10.3 Å². The Labute approximate surface area is 109 Å². The van der Waals surface area contributed by atoms with Crippen molar-refractivity contribution in [2.45, 2.75) is 44.7 Å². The average molecular weight is 246 g/mol. The Kier molecular flexibility index (Phi) is 3.44. The molecule has 1 aromatic rings. The zero-order valence-corrected chi connectivity index (χ0v) is 11.4. The molecule has 0 saturated heterocycles. The lowest BCUT2D eigenvalue weighted by atomic mass is 10.1. The van der Waals surface area contributed by atoms with Gasteiger partial charge in [-0.3, -0.25) is 10.1 Å². The van der Waals surface area contributed by atoms with E-state index in [-0.39, 0.29) is 17.0 Å². The fourth-order valence-electron chi connectivity index (χ4n) is 2.16. The van der Waals surface area contributed by atoms with Crippen LogP contribution in [0, 0.1) is 0 Å². The smallest absolute Gasteiger partial charge is 0.234 e. The molecule has 0 spiro atoms. The van der Waals surface area contributed by atoms with Crippen LogP contribution in [0.4, 0.5) is 0 Å². The van der Waals surface area contributed by atoms with Gasteiger partial charge in [-0.05, 0) is 39.2 Å². The largest absolute Gasteiger partial charge is 0.350 e. The number of amides is 1. The molecule has 3 nitrogen and oxygen atoms in total. The van der Waals surface area contributed by atoms with Crippen molar-refractivity contribution >= 4 is 5.91 Å². The Morgan fingerprint density at radius 2 is 1.83 bits per heavy atom. The third kappa shape index (κ3) is 3.33. The van der Waals surface area contributed by atoms with E-state index in [1.54, 1.807) is 0 Å². The predicted octanol–water partition coefficient (Wildman–Crippen LogP) is 2.18. The normalized spacial score (nSPS) is 17.3. The van der Waals surface area contributed by atoms with Crippen LogP contribution >= 0.6 is 0 Å². The summed E-state index contributed by atoms with van der Waals surface area (Å²) in [6, 6.07) is 10.4. The summed E-state index contributed by atoms with van der Waals surface area (Å²) in [4.78, 5) is 11.8. The molecule has 98 valence electrons. The molecule has 0 heterocycles. The molecule has 0 unspecified atom stereocenters. The second-order valence-corrected chi connectivity index (χ2v) is 6.10. The maximum atomic E-state index is 11.8. The van der Waals surface area contributed by atoms with Gasteiger partial charge in [-0.2, -0.15) is 0 Å². The first-order valence-corrected chi connectivity index (χ1v) is 6.53.